The van der Waals surface area contributed by atoms with Gasteiger partial charge in [0.15, 0.2) is 0 Å². The topological polar surface area (TPSA) is 56.7 Å². The van der Waals surface area contributed by atoms with Crippen molar-refractivity contribution in [2.24, 2.45) is 0 Å². The van der Waals surface area contributed by atoms with E-state index < -0.39 is 0 Å². The Morgan fingerprint density at radius 1 is 0.383 bits per heavy atom. The Morgan fingerprint density at radius 3 is 1.40 bits per heavy atom. The summed E-state index contributed by atoms with van der Waals surface area (Å²) in [6.07, 6.45) is 1.84. The van der Waals surface area contributed by atoms with E-state index in [0.717, 1.165) is 99.8 Å². The van der Waals surface area contributed by atoms with Gasteiger partial charge in [-0.05, 0) is 28.5 Å². The van der Waals surface area contributed by atoms with Crippen LogP contribution < -0.4 is 4.74 Å². The van der Waals surface area contributed by atoms with Gasteiger partial charge in [0.25, 0.3) is 0 Å². The Hall–Kier alpha value is -7.43. The number of rotatable bonds is 6. The van der Waals surface area contributed by atoms with Gasteiger partial charge in [0, 0.05) is 39.9 Å². The summed E-state index contributed by atoms with van der Waals surface area (Å²) >= 11 is 0. The predicted molar refractivity (Wildman–Crippen MR) is 238 cm³/mol. The summed E-state index contributed by atoms with van der Waals surface area (Å²) in [6.45, 7) is 0. The van der Waals surface area contributed by atoms with Crippen LogP contribution >= 0.6 is 0 Å². The second kappa shape index (κ2) is 14.4. The Kier molecular flexibility index (Phi) is 8.60. The van der Waals surface area contributed by atoms with Crippen molar-refractivity contribution in [1.82, 2.24) is 23.8 Å². The Labute approximate surface area is 358 Å². The van der Waals surface area contributed by atoms with Crippen molar-refractivity contribution in [3.8, 4) is 56.5 Å². The predicted octanol–water partition coefficient (Wildman–Crippen LogP) is 13.0. The fourth-order valence-electron chi connectivity index (χ4n) is 8.61. The first-order valence-corrected chi connectivity index (χ1v) is 19.6. The molecule has 12 rings (SSSR count). The normalized spacial score (nSPS) is 11.5. The molecule has 7 aromatic carbocycles. The zero-order valence-corrected chi connectivity index (χ0v) is 33.4. The summed E-state index contributed by atoms with van der Waals surface area (Å²) in [5.74, 6) is 1.12. The van der Waals surface area contributed by atoms with E-state index in [1.54, 1.807) is 0 Å². The molecule has 0 bridgehead atoms. The van der Waals surface area contributed by atoms with E-state index in [1.807, 2.05) is 60.8 Å². The van der Waals surface area contributed by atoms with Crippen LogP contribution in [0.1, 0.15) is 0 Å². The van der Waals surface area contributed by atoms with E-state index in [1.165, 1.54) is 0 Å². The number of hydrogen-bond acceptors (Lipinski definition) is 4. The molecule has 0 aliphatic carbocycles. The fourth-order valence-corrected chi connectivity index (χ4v) is 8.61. The minimum absolute atomic E-state index is 0. The average molecular weight is 860 g/mol. The summed E-state index contributed by atoms with van der Waals surface area (Å²) in [4.78, 5) is 15.7. The summed E-state index contributed by atoms with van der Waals surface area (Å²) in [5.41, 5.74) is 11.5. The molecule has 0 aliphatic rings. The number of hydrogen-bond donors (Lipinski definition) is 0. The number of fused-ring (bicyclic) bond motifs is 12. The van der Waals surface area contributed by atoms with Gasteiger partial charge in [-0.25, -0.2) is 4.98 Å². The molecule has 7 heteroatoms. The molecule has 0 unspecified atom stereocenters. The number of pyridine rings is 3. The molecular weight excluding hydrogens is 829 g/mol. The second-order valence-corrected chi connectivity index (χ2v) is 14.6. The summed E-state index contributed by atoms with van der Waals surface area (Å²) in [5, 5.41) is 5.86. The third kappa shape index (κ3) is 5.63. The van der Waals surface area contributed by atoms with Gasteiger partial charge in [-0.2, -0.15) is 0 Å². The van der Waals surface area contributed by atoms with E-state index in [4.69, 9.17) is 19.7 Å². The van der Waals surface area contributed by atoms with Crippen LogP contribution in [0.25, 0.3) is 99.8 Å². The van der Waals surface area contributed by atoms with Gasteiger partial charge in [-0.3, -0.25) is 9.97 Å². The maximum Gasteiger partial charge on any atom is 2.00 e. The number of nitrogens with zero attached hydrogens (tertiary/aromatic N) is 5. The van der Waals surface area contributed by atoms with E-state index in [2.05, 4.69) is 148 Å². The average Bonchev–Trinajstić information content (AvgIpc) is 3.92. The zero-order valence-electron chi connectivity index (χ0n) is 31.9. The van der Waals surface area contributed by atoms with Crippen LogP contribution in [0, 0.1) is 12.1 Å². The van der Waals surface area contributed by atoms with Gasteiger partial charge in [0.1, 0.15) is 5.65 Å². The van der Waals surface area contributed by atoms with Crippen molar-refractivity contribution in [2.45, 2.75) is 0 Å². The molecule has 60 heavy (non-hydrogen) atoms. The standard InChI is InChI=1S/C53H31N5O.Pd/c1-5-16-34(17-6-1)47-49(36-20-9-3-10-21-36)57-46-26-14-13-24-42(46)40-29-27-38(32-44(40)52(57)55-47)59-39-28-30-41-43-25-15-31-54-51(43)58-50(37-22-11-4-12-23-37)48(35-18-7-2-8-19-35)56-53(58)45(41)33-39;/h1-31H;/q-2;+2. The first-order chi connectivity index (χ1) is 29.3. The van der Waals surface area contributed by atoms with Crippen molar-refractivity contribution >= 4 is 54.8 Å². The first kappa shape index (κ1) is 35.7. The number of benzene rings is 7. The van der Waals surface area contributed by atoms with Crippen molar-refractivity contribution in [3.05, 3.63) is 200 Å². The Morgan fingerprint density at radius 2 is 0.833 bits per heavy atom. The van der Waals surface area contributed by atoms with E-state index in [0.29, 0.717) is 11.5 Å². The van der Waals surface area contributed by atoms with Crippen LogP contribution in [-0.2, 0) is 20.4 Å². The quantitative estimate of drug-likeness (QED) is 0.0949. The van der Waals surface area contributed by atoms with Gasteiger partial charge in [-0.1, -0.05) is 191 Å². The van der Waals surface area contributed by atoms with Crippen LogP contribution in [0.15, 0.2) is 188 Å². The molecule has 5 heterocycles. The maximum absolute atomic E-state index is 6.73. The molecule has 0 N–H and O–H groups in total. The van der Waals surface area contributed by atoms with E-state index in [9.17, 15) is 0 Å². The number of para-hydroxylation sites is 1. The molecule has 284 valence electrons. The maximum atomic E-state index is 6.73. The molecule has 6 nitrogen and oxygen atoms in total. The third-order valence-corrected chi connectivity index (χ3v) is 11.2. The van der Waals surface area contributed by atoms with Crippen LogP contribution in [0.2, 0.25) is 0 Å². The molecular formula is C53H31N5OPd. The molecule has 0 atom stereocenters. The Bertz CT molecular complexity index is 3330. The second-order valence-electron chi connectivity index (χ2n) is 14.6. The molecule has 0 saturated carbocycles. The van der Waals surface area contributed by atoms with Gasteiger partial charge >= 0.3 is 20.4 Å². The molecule has 0 amide bonds. The number of aromatic nitrogens is 5. The Balaban J connectivity index is 0.00000408. The van der Waals surface area contributed by atoms with Gasteiger partial charge < -0.3 is 13.5 Å². The molecule has 0 fully saturated rings. The van der Waals surface area contributed by atoms with Gasteiger partial charge in [0.2, 0.25) is 0 Å². The van der Waals surface area contributed by atoms with Crippen molar-refractivity contribution in [2.75, 3.05) is 0 Å². The summed E-state index contributed by atoms with van der Waals surface area (Å²) < 4.78 is 11.2. The molecule has 0 radical (unpaired) electrons. The minimum Gasteiger partial charge on any atom is -0.497 e. The van der Waals surface area contributed by atoms with Crippen LogP contribution in [0.4, 0.5) is 0 Å². The number of imidazole rings is 2. The largest absolute Gasteiger partial charge is 2.00 e. The molecule has 5 aromatic heterocycles. The van der Waals surface area contributed by atoms with Crippen LogP contribution in [-0.4, -0.2) is 23.8 Å². The zero-order chi connectivity index (χ0) is 38.9. The molecule has 0 saturated heterocycles. The molecule has 0 aliphatic heterocycles. The van der Waals surface area contributed by atoms with E-state index >= 15 is 0 Å². The molecule has 12 aromatic rings. The van der Waals surface area contributed by atoms with Gasteiger partial charge in [0.05, 0.1) is 34.1 Å². The minimum atomic E-state index is 0. The molecule has 0 spiro atoms. The van der Waals surface area contributed by atoms with Crippen molar-refractivity contribution in [3.63, 3.8) is 0 Å². The van der Waals surface area contributed by atoms with Gasteiger partial charge in [-0.15, -0.1) is 12.1 Å². The van der Waals surface area contributed by atoms with E-state index in [-0.39, 0.29) is 20.4 Å². The first-order valence-electron chi connectivity index (χ1n) is 19.6. The van der Waals surface area contributed by atoms with Crippen molar-refractivity contribution < 1.29 is 25.2 Å². The van der Waals surface area contributed by atoms with Crippen molar-refractivity contribution in [1.29, 1.82) is 0 Å². The summed E-state index contributed by atoms with van der Waals surface area (Å²) in [6, 6.07) is 69.7. The van der Waals surface area contributed by atoms with Crippen LogP contribution in [0.3, 0.4) is 0 Å². The third-order valence-electron chi connectivity index (χ3n) is 11.2. The monoisotopic (exact) mass is 859 g/mol. The number of ether oxygens (including phenoxy) is 1. The summed E-state index contributed by atoms with van der Waals surface area (Å²) in [7, 11) is 0. The van der Waals surface area contributed by atoms with Crippen LogP contribution in [0.5, 0.6) is 11.5 Å². The SMILES string of the molecule is [Pd+2].[c-]1c(Oc2[c-]c3c(cc2)c2cccnc2n2c(-c4ccccc4)c(-c4ccccc4)nc32)ccc2c1c1nc(-c3ccccc3)c(-c3ccccc3)n1c1ccccc21. The smallest absolute Gasteiger partial charge is 0.497 e. The fraction of sp³-hybridized carbons (Fsp3) is 0.